The number of carbonyl (C=O) groups is 2. The zero-order valence-corrected chi connectivity index (χ0v) is 14.7. The maximum Gasteiger partial charge on any atom is 0.312 e. The largest absolute Gasteiger partial charge is 0.342 e. The van der Waals surface area contributed by atoms with Gasteiger partial charge in [0.05, 0.1) is 28.4 Å². The number of benzene rings is 1. The number of nitriles is 1. The van der Waals surface area contributed by atoms with Crippen molar-refractivity contribution in [3.05, 3.63) is 28.7 Å². The molecule has 1 aliphatic rings. The van der Waals surface area contributed by atoms with Crippen molar-refractivity contribution >= 4 is 34.2 Å². The van der Waals surface area contributed by atoms with Crippen molar-refractivity contribution in [2.45, 2.75) is 25.2 Å². The number of Topliss-reactive ketones (excluding diaryl/α,β-unsaturated/α-hetero) is 1. The number of likely N-dealkylation sites (tertiary alicyclic amines) is 1. The van der Waals surface area contributed by atoms with E-state index in [4.69, 9.17) is 16.9 Å². The van der Waals surface area contributed by atoms with Crippen LogP contribution in [0.15, 0.2) is 12.3 Å². The lowest BCUT2D eigenvalue weighted by molar-refractivity contribution is -0.133. The molecule has 1 aromatic heterocycles. The Morgan fingerprint density at radius 3 is 2.70 bits per heavy atom. The molecule has 142 valence electrons. The first kappa shape index (κ1) is 19.2. The van der Waals surface area contributed by atoms with Crippen LogP contribution in [0.1, 0.15) is 29.6 Å². The first-order valence-electron chi connectivity index (χ1n) is 8.15. The van der Waals surface area contributed by atoms with Gasteiger partial charge >= 0.3 is 5.92 Å². The highest BCUT2D eigenvalue weighted by molar-refractivity contribution is 6.32. The zero-order chi connectivity index (χ0) is 19.8. The number of carbonyl (C=O) groups excluding carboxylic acids is 2. The number of aromatic amines is 1. The van der Waals surface area contributed by atoms with E-state index in [9.17, 15) is 22.8 Å². The van der Waals surface area contributed by atoms with E-state index in [1.165, 1.54) is 17.2 Å². The Bertz CT molecular complexity index is 946. The second kappa shape index (κ2) is 7.19. The molecule has 10 heteroatoms. The zero-order valence-electron chi connectivity index (χ0n) is 13.9. The number of nitrogens with zero attached hydrogens (tertiary/aromatic N) is 3. The number of amides is 1. The Hall–Kier alpha value is -2.60. The fourth-order valence-electron chi connectivity index (χ4n) is 3.27. The SMILES string of the molecule is N#CCC(=O)N1CCC(C(F)(F)C(=O)c2c(F)c(Cl)cc3cn[nH]c23)CC1. The smallest absolute Gasteiger partial charge is 0.312 e. The number of aromatic nitrogens is 2. The lowest BCUT2D eigenvalue weighted by atomic mass is 9.85. The number of halogens is 4. The number of hydrogen-bond donors (Lipinski definition) is 1. The van der Waals surface area contributed by atoms with Crippen molar-refractivity contribution in [3.63, 3.8) is 0 Å². The summed E-state index contributed by atoms with van der Waals surface area (Å²) >= 11 is 5.73. The summed E-state index contributed by atoms with van der Waals surface area (Å²) in [6.07, 6.45) is 0.662. The molecule has 1 N–H and O–H groups in total. The van der Waals surface area contributed by atoms with Crippen LogP contribution in [0.5, 0.6) is 0 Å². The van der Waals surface area contributed by atoms with E-state index in [1.807, 2.05) is 0 Å². The molecule has 0 spiro atoms. The summed E-state index contributed by atoms with van der Waals surface area (Å²) in [5.41, 5.74) is -0.953. The molecule has 0 radical (unpaired) electrons. The fraction of sp³-hybridized carbons (Fsp3) is 0.412. The van der Waals surface area contributed by atoms with Crippen LogP contribution in [0.2, 0.25) is 5.02 Å². The van der Waals surface area contributed by atoms with Gasteiger partial charge in [-0.15, -0.1) is 0 Å². The van der Waals surface area contributed by atoms with Gasteiger partial charge in [-0.25, -0.2) is 4.39 Å². The molecule has 2 heterocycles. The second-order valence-corrected chi connectivity index (χ2v) is 6.73. The summed E-state index contributed by atoms with van der Waals surface area (Å²) in [6.45, 7) is 0.0110. The molecule has 0 atom stereocenters. The molecular weight excluding hydrogens is 385 g/mol. The number of nitrogens with one attached hydrogen (secondary N) is 1. The average molecular weight is 399 g/mol. The topological polar surface area (TPSA) is 89.8 Å². The fourth-order valence-corrected chi connectivity index (χ4v) is 3.48. The maximum atomic E-state index is 14.9. The molecule has 2 aromatic rings. The molecule has 1 fully saturated rings. The predicted octanol–water partition coefficient (Wildman–Crippen LogP) is 3.33. The van der Waals surface area contributed by atoms with Gasteiger partial charge in [-0.05, 0) is 18.9 Å². The summed E-state index contributed by atoms with van der Waals surface area (Å²) in [5.74, 6) is -8.52. The minimum atomic E-state index is -3.84. The molecular formula is C17H14ClF3N4O2. The Labute approximate surface area is 156 Å². The molecule has 1 aliphatic heterocycles. The minimum absolute atomic E-state index is 0.00550. The van der Waals surface area contributed by atoms with Crippen LogP contribution in [-0.4, -0.2) is 45.8 Å². The van der Waals surface area contributed by atoms with Crippen LogP contribution in [0.25, 0.3) is 10.9 Å². The van der Waals surface area contributed by atoms with Gasteiger partial charge in [0, 0.05) is 24.4 Å². The monoisotopic (exact) mass is 398 g/mol. The Kier molecular flexibility index (Phi) is 5.11. The molecule has 1 saturated heterocycles. The number of H-pyrrole nitrogens is 1. The third-order valence-electron chi connectivity index (χ3n) is 4.75. The summed E-state index contributed by atoms with van der Waals surface area (Å²) in [6, 6.07) is 2.91. The third-order valence-corrected chi connectivity index (χ3v) is 5.03. The highest BCUT2D eigenvalue weighted by Gasteiger charge is 2.50. The van der Waals surface area contributed by atoms with Crippen molar-refractivity contribution in [2.24, 2.45) is 5.92 Å². The van der Waals surface area contributed by atoms with E-state index in [0.717, 1.165) is 0 Å². The number of rotatable bonds is 4. The molecule has 0 bridgehead atoms. The number of piperidine rings is 1. The van der Waals surface area contributed by atoms with Gasteiger partial charge in [0.1, 0.15) is 6.42 Å². The van der Waals surface area contributed by atoms with Gasteiger partial charge in [-0.2, -0.15) is 19.1 Å². The van der Waals surface area contributed by atoms with Gasteiger partial charge < -0.3 is 4.90 Å². The van der Waals surface area contributed by atoms with E-state index >= 15 is 0 Å². The molecule has 3 rings (SSSR count). The summed E-state index contributed by atoms with van der Waals surface area (Å²) in [4.78, 5) is 25.5. The van der Waals surface area contributed by atoms with Gasteiger partial charge in [0.15, 0.2) is 5.82 Å². The van der Waals surface area contributed by atoms with E-state index < -0.39 is 39.9 Å². The number of fused-ring (bicyclic) bond motifs is 1. The highest BCUT2D eigenvalue weighted by atomic mass is 35.5. The maximum absolute atomic E-state index is 14.9. The van der Waals surface area contributed by atoms with Crippen molar-refractivity contribution in [1.82, 2.24) is 15.1 Å². The third kappa shape index (κ3) is 3.37. The first-order chi connectivity index (χ1) is 12.8. The van der Waals surface area contributed by atoms with Gasteiger partial charge in [-0.1, -0.05) is 11.6 Å². The Morgan fingerprint density at radius 1 is 1.41 bits per heavy atom. The van der Waals surface area contributed by atoms with Crippen molar-refractivity contribution in [2.75, 3.05) is 13.1 Å². The molecule has 27 heavy (non-hydrogen) atoms. The van der Waals surface area contributed by atoms with Crippen molar-refractivity contribution in [1.29, 1.82) is 5.26 Å². The second-order valence-electron chi connectivity index (χ2n) is 6.32. The van der Waals surface area contributed by atoms with Crippen LogP contribution in [0.3, 0.4) is 0 Å². The molecule has 1 amide bonds. The van der Waals surface area contributed by atoms with Crippen LogP contribution in [0, 0.1) is 23.1 Å². The first-order valence-corrected chi connectivity index (χ1v) is 8.53. The number of ketones is 1. The molecule has 1 aromatic carbocycles. The van der Waals surface area contributed by atoms with Gasteiger partial charge in [0.25, 0.3) is 0 Å². The van der Waals surface area contributed by atoms with Crippen LogP contribution >= 0.6 is 11.6 Å². The predicted molar refractivity (Wildman–Crippen MR) is 89.9 cm³/mol. The molecule has 0 saturated carbocycles. The average Bonchev–Trinajstić information content (AvgIpc) is 3.10. The van der Waals surface area contributed by atoms with E-state index in [-0.39, 0.29) is 43.3 Å². The van der Waals surface area contributed by atoms with Crippen molar-refractivity contribution < 1.29 is 22.8 Å². The summed E-state index contributed by atoms with van der Waals surface area (Å²) in [5, 5.41) is 14.4. The minimum Gasteiger partial charge on any atom is -0.342 e. The number of hydrogen-bond acceptors (Lipinski definition) is 4. The molecule has 0 aliphatic carbocycles. The molecule has 0 unspecified atom stereocenters. The highest BCUT2D eigenvalue weighted by Crippen LogP contribution is 2.39. The van der Waals surface area contributed by atoms with E-state index in [1.54, 1.807) is 6.07 Å². The van der Waals surface area contributed by atoms with E-state index in [0.29, 0.717) is 0 Å². The van der Waals surface area contributed by atoms with Crippen LogP contribution in [0.4, 0.5) is 13.2 Å². The van der Waals surface area contributed by atoms with Crippen LogP contribution in [-0.2, 0) is 4.79 Å². The van der Waals surface area contributed by atoms with Crippen LogP contribution < -0.4 is 0 Å². The number of alkyl halides is 2. The van der Waals surface area contributed by atoms with Gasteiger partial charge in [0.2, 0.25) is 11.7 Å². The van der Waals surface area contributed by atoms with Gasteiger partial charge in [-0.3, -0.25) is 14.7 Å². The Morgan fingerprint density at radius 2 is 2.07 bits per heavy atom. The molecule has 6 nitrogen and oxygen atoms in total. The summed E-state index contributed by atoms with van der Waals surface area (Å²) in [7, 11) is 0. The Balaban J connectivity index is 1.85. The standard InChI is InChI=1S/C17H14ClF3N4O2/c18-11-7-9-8-23-24-15(9)13(14(11)19)16(27)17(20,21)10-2-5-25(6-3-10)12(26)1-4-22/h7-8,10H,1-3,5-6H2,(H,23,24). The lowest BCUT2D eigenvalue weighted by Crippen LogP contribution is -2.46. The quantitative estimate of drug-likeness (QED) is 0.800. The van der Waals surface area contributed by atoms with Crippen molar-refractivity contribution in [3.8, 4) is 6.07 Å². The lowest BCUT2D eigenvalue weighted by Gasteiger charge is -2.35. The normalized spacial score (nSPS) is 15.7. The van der Waals surface area contributed by atoms with E-state index in [2.05, 4.69) is 10.2 Å². The summed E-state index contributed by atoms with van der Waals surface area (Å²) < 4.78 is 44.1.